The molecule has 4 nitrogen and oxygen atoms in total. The topological polar surface area (TPSA) is 75.3 Å². The maximum absolute atomic E-state index is 11.8. The van der Waals surface area contributed by atoms with E-state index in [9.17, 15) is 4.79 Å². The molecule has 1 rings (SSSR count). The van der Waals surface area contributed by atoms with Crippen LogP contribution in [0.3, 0.4) is 0 Å². The third-order valence-electron chi connectivity index (χ3n) is 2.53. The number of amides is 1. The molecule has 0 spiro atoms. The molecule has 0 radical (unpaired) electrons. The second-order valence-electron chi connectivity index (χ2n) is 4.03. The first kappa shape index (κ1) is 13.8. The van der Waals surface area contributed by atoms with Crippen molar-refractivity contribution in [3.05, 3.63) is 28.8 Å². The molecular weight excluding hydrogens is 240 g/mol. The summed E-state index contributed by atoms with van der Waals surface area (Å²) in [6.45, 7) is 2.58. The normalized spacial score (nSPS) is 12.2. The van der Waals surface area contributed by atoms with Gasteiger partial charge in [-0.05, 0) is 24.5 Å². The van der Waals surface area contributed by atoms with Gasteiger partial charge in [-0.25, -0.2) is 0 Å². The molecule has 1 amide bonds. The molecule has 0 aromatic heterocycles. The second-order valence-corrected chi connectivity index (χ2v) is 4.44. The van der Waals surface area contributed by atoms with Crippen LogP contribution in [0.5, 0.6) is 0 Å². The van der Waals surface area contributed by atoms with Crippen LogP contribution >= 0.6 is 11.6 Å². The van der Waals surface area contributed by atoms with Crippen molar-refractivity contribution in [2.24, 2.45) is 5.92 Å². The molecule has 1 aromatic carbocycles. The lowest BCUT2D eigenvalue weighted by atomic mass is 10.1. The Kier molecular flexibility index (Phi) is 5.25. The Morgan fingerprint density at radius 2 is 2.29 bits per heavy atom. The van der Waals surface area contributed by atoms with E-state index in [2.05, 4.69) is 5.32 Å². The van der Waals surface area contributed by atoms with Gasteiger partial charge in [0, 0.05) is 13.2 Å². The highest BCUT2D eigenvalue weighted by molar-refractivity contribution is 6.33. The van der Waals surface area contributed by atoms with E-state index in [1.54, 1.807) is 18.2 Å². The number of aliphatic hydroxyl groups excluding tert-OH is 1. The molecule has 0 fully saturated rings. The number of para-hydroxylation sites is 1. The van der Waals surface area contributed by atoms with Crippen molar-refractivity contribution in [2.45, 2.75) is 13.3 Å². The number of nitrogens with one attached hydrogen (secondary N) is 1. The fraction of sp³-hybridized carbons (Fsp3) is 0.417. The quantitative estimate of drug-likeness (QED) is 0.702. The lowest BCUT2D eigenvalue weighted by Gasteiger charge is -2.12. The van der Waals surface area contributed by atoms with Gasteiger partial charge in [0.25, 0.3) is 5.91 Å². The average molecular weight is 257 g/mol. The van der Waals surface area contributed by atoms with Crippen LogP contribution in [0.25, 0.3) is 0 Å². The van der Waals surface area contributed by atoms with Crippen molar-refractivity contribution in [2.75, 3.05) is 18.9 Å². The van der Waals surface area contributed by atoms with E-state index in [1.807, 2.05) is 6.92 Å². The van der Waals surface area contributed by atoms with E-state index >= 15 is 0 Å². The summed E-state index contributed by atoms with van der Waals surface area (Å²) in [5.74, 6) is -0.0147. The Bertz CT molecular complexity index is 396. The highest BCUT2D eigenvalue weighted by Gasteiger charge is 2.12. The number of aliphatic hydroxyl groups is 1. The van der Waals surface area contributed by atoms with E-state index in [1.165, 1.54) is 0 Å². The number of carbonyl (C=O) groups excluding carboxylic acids is 1. The largest absolute Gasteiger partial charge is 0.397 e. The Hall–Kier alpha value is -1.26. The first-order valence-corrected chi connectivity index (χ1v) is 5.87. The molecule has 1 unspecified atom stereocenters. The number of benzene rings is 1. The smallest absolute Gasteiger partial charge is 0.253 e. The molecule has 0 aliphatic rings. The summed E-state index contributed by atoms with van der Waals surface area (Å²) in [4.78, 5) is 11.8. The molecule has 0 saturated heterocycles. The Labute approximate surface area is 106 Å². The van der Waals surface area contributed by atoms with Crippen LogP contribution in [-0.2, 0) is 0 Å². The van der Waals surface area contributed by atoms with Gasteiger partial charge in [0.05, 0.1) is 16.3 Å². The zero-order chi connectivity index (χ0) is 12.8. The van der Waals surface area contributed by atoms with Gasteiger partial charge in [-0.3, -0.25) is 4.79 Å². The summed E-state index contributed by atoms with van der Waals surface area (Å²) >= 11 is 5.83. The summed E-state index contributed by atoms with van der Waals surface area (Å²) in [5, 5.41) is 11.9. The number of hydrogen-bond acceptors (Lipinski definition) is 3. The lowest BCUT2D eigenvalue weighted by Crippen LogP contribution is -2.29. The number of anilines is 1. The lowest BCUT2D eigenvalue weighted by molar-refractivity contribution is 0.0946. The highest BCUT2D eigenvalue weighted by atomic mass is 35.5. The van der Waals surface area contributed by atoms with Crippen LogP contribution in [-0.4, -0.2) is 24.2 Å². The van der Waals surface area contributed by atoms with Crippen molar-refractivity contribution in [3.63, 3.8) is 0 Å². The Morgan fingerprint density at radius 3 is 2.94 bits per heavy atom. The minimum absolute atomic E-state index is 0.121. The minimum Gasteiger partial charge on any atom is -0.397 e. The second kappa shape index (κ2) is 6.47. The highest BCUT2D eigenvalue weighted by Crippen LogP contribution is 2.22. The van der Waals surface area contributed by atoms with Gasteiger partial charge in [0.1, 0.15) is 0 Å². The summed E-state index contributed by atoms with van der Waals surface area (Å²) < 4.78 is 0. The van der Waals surface area contributed by atoms with Gasteiger partial charge in [0.15, 0.2) is 0 Å². The molecule has 0 heterocycles. The number of halogens is 1. The summed E-state index contributed by atoms with van der Waals surface area (Å²) in [7, 11) is 0. The molecule has 5 heteroatoms. The van der Waals surface area contributed by atoms with Gasteiger partial charge < -0.3 is 16.2 Å². The van der Waals surface area contributed by atoms with Gasteiger partial charge in [-0.2, -0.15) is 0 Å². The molecule has 0 aliphatic heterocycles. The monoisotopic (exact) mass is 256 g/mol. The van der Waals surface area contributed by atoms with Crippen molar-refractivity contribution < 1.29 is 9.90 Å². The van der Waals surface area contributed by atoms with Crippen LogP contribution in [0.2, 0.25) is 5.02 Å². The Morgan fingerprint density at radius 1 is 1.59 bits per heavy atom. The SMILES string of the molecule is CC(CCO)CNC(=O)c1cccc(Cl)c1N. The first-order valence-electron chi connectivity index (χ1n) is 5.49. The third kappa shape index (κ3) is 3.91. The number of nitrogens with two attached hydrogens (primary N) is 1. The van der Waals surface area contributed by atoms with Crippen molar-refractivity contribution >= 4 is 23.2 Å². The van der Waals surface area contributed by atoms with Crippen molar-refractivity contribution in [1.29, 1.82) is 0 Å². The van der Waals surface area contributed by atoms with Crippen LogP contribution in [0.4, 0.5) is 5.69 Å². The van der Waals surface area contributed by atoms with E-state index in [4.69, 9.17) is 22.4 Å². The number of nitrogen functional groups attached to an aromatic ring is 1. The minimum atomic E-state index is -0.241. The number of hydrogen-bond donors (Lipinski definition) is 3. The Balaban J connectivity index is 2.61. The van der Waals surface area contributed by atoms with Gasteiger partial charge in [0.2, 0.25) is 0 Å². The average Bonchev–Trinajstić information content (AvgIpc) is 2.30. The third-order valence-corrected chi connectivity index (χ3v) is 2.86. The van der Waals surface area contributed by atoms with Crippen LogP contribution in [0.15, 0.2) is 18.2 Å². The van der Waals surface area contributed by atoms with Gasteiger partial charge >= 0.3 is 0 Å². The predicted octanol–water partition coefficient (Wildman–Crippen LogP) is 1.67. The molecule has 17 heavy (non-hydrogen) atoms. The molecular formula is C12H17ClN2O2. The molecule has 4 N–H and O–H groups in total. The maximum Gasteiger partial charge on any atom is 0.253 e. The number of rotatable bonds is 5. The van der Waals surface area contributed by atoms with Crippen LogP contribution < -0.4 is 11.1 Å². The van der Waals surface area contributed by atoms with Gasteiger partial charge in [-0.15, -0.1) is 0 Å². The van der Waals surface area contributed by atoms with Crippen molar-refractivity contribution in [3.8, 4) is 0 Å². The maximum atomic E-state index is 11.8. The summed E-state index contributed by atoms with van der Waals surface area (Å²) in [6.07, 6.45) is 0.658. The van der Waals surface area contributed by atoms with E-state index < -0.39 is 0 Å². The van der Waals surface area contributed by atoms with E-state index in [0.717, 1.165) is 0 Å². The number of carbonyl (C=O) groups is 1. The van der Waals surface area contributed by atoms with Crippen LogP contribution in [0, 0.1) is 5.92 Å². The molecule has 0 aliphatic carbocycles. The van der Waals surface area contributed by atoms with Crippen LogP contribution in [0.1, 0.15) is 23.7 Å². The first-order chi connectivity index (χ1) is 8.06. The van der Waals surface area contributed by atoms with E-state index in [-0.39, 0.29) is 18.4 Å². The molecule has 0 saturated carbocycles. The molecule has 94 valence electrons. The fourth-order valence-corrected chi connectivity index (χ4v) is 1.59. The molecule has 1 aromatic rings. The predicted molar refractivity (Wildman–Crippen MR) is 69.1 cm³/mol. The zero-order valence-corrected chi connectivity index (χ0v) is 10.5. The molecule has 1 atom stereocenters. The summed E-state index contributed by atoms with van der Waals surface area (Å²) in [5.41, 5.74) is 6.39. The van der Waals surface area contributed by atoms with Gasteiger partial charge in [-0.1, -0.05) is 24.6 Å². The summed E-state index contributed by atoms with van der Waals surface area (Å²) in [6, 6.07) is 4.96. The fourth-order valence-electron chi connectivity index (χ4n) is 1.42. The van der Waals surface area contributed by atoms with Crippen molar-refractivity contribution in [1.82, 2.24) is 5.32 Å². The standard InChI is InChI=1S/C12H17ClN2O2/c1-8(5-6-16)7-15-12(17)9-3-2-4-10(13)11(9)14/h2-4,8,16H,5-7,14H2,1H3,(H,15,17). The zero-order valence-electron chi connectivity index (χ0n) is 9.74. The van der Waals surface area contributed by atoms with E-state index in [0.29, 0.717) is 29.2 Å². The molecule has 0 bridgehead atoms.